The van der Waals surface area contributed by atoms with Gasteiger partial charge in [0, 0.05) is 31.7 Å². The molecule has 0 spiro atoms. The standard InChI is InChI=1S/C16H25N3O4/c1-3-22-9-5-8-19(16(21)13-6-4-7-13)11-15(20)17-14-10-12(2)23-18-14/h10,13H,3-9,11H2,1-2H3,(H,17,18,20). The lowest BCUT2D eigenvalue weighted by Crippen LogP contribution is -2.43. The molecule has 1 aromatic rings. The van der Waals surface area contributed by atoms with Crippen molar-refractivity contribution in [3.05, 3.63) is 11.8 Å². The van der Waals surface area contributed by atoms with E-state index in [1.165, 1.54) is 0 Å². The van der Waals surface area contributed by atoms with Gasteiger partial charge >= 0.3 is 0 Å². The van der Waals surface area contributed by atoms with Crippen LogP contribution in [-0.4, -0.2) is 48.2 Å². The molecule has 0 bridgehead atoms. The summed E-state index contributed by atoms with van der Waals surface area (Å²) < 4.78 is 10.2. The van der Waals surface area contributed by atoms with Gasteiger partial charge < -0.3 is 19.5 Å². The number of hydrogen-bond acceptors (Lipinski definition) is 5. The Bertz CT molecular complexity index is 525. The van der Waals surface area contributed by atoms with E-state index in [2.05, 4.69) is 10.5 Å². The molecule has 1 heterocycles. The van der Waals surface area contributed by atoms with E-state index in [-0.39, 0.29) is 24.3 Å². The monoisotopic (exact) mass is 323 g/mol. The average molecular weight is 323 g/mol. The summed E-state index contributed by atoms with van der Waals surface area (Å²) in [7, 11) is 0. The van der Waals surface area contributed by atoms with Gasteiger partial charge in [-0.15, -0.1) is 0 Å². The van der Waals surface area contributed by atoms with E-state index in [0.29, 0.717) is 31.3 Å². The van der Waals surface area contributed by atoms with Gasteiger partial charge in [-0.2, -0.15) is 0 Å². The van der Waals surface area contributed by atoms with Crippen molar-refractivity contribution in [3.63, 3.8) is 0 Å². The third-order valence-electron chi connectivity index (χ3n) is 3.92. The van der Waals surface area contributed by atoms with Gasteiger partial charge in [0.05, 0.1) is 6.54 Å². The van der Waals surface area contributed by atoms with E-state index in [4.69, 9.17) is 9.26 Å². The molecule has 0 radical (unpaired) electrons. The second-order valence-electron chi connectivity index (χ2n) is 5.81. The topological polar surface area (TPSA) is 84.7 Å². The van der Waals surface area contributed by atoms with Gasteiger partial charge in [-0.1, -0.05) is 11.6 Å². The molecule has 1 aliphatic carbocycles. The summed E-state index contributed by atoms with van der Waals surface area (Å²) in [5.74, 6) is 0.878. The molecular formula is C16H25N3O4. The van der Waals surface area contributed by atoms with E-state index >= 15 is 0 Å². The fourth-order valence-electron chi connectivity index (χ4n) is 2.46. The molecule has 23 heavy (non-hydrogen) atoms. The average Bonchev–Trinajstić information content (AvgIpc) is 2.85. The number of rotatable bonds is 9. The third kappa shape index (κ3) is 5.35. The number of carbonyl (C=O) groups is 2. The molecule has 1 aromatic heterocycles. The molecule has 0 aromatic carbocycles. The molecule has 7 heteroatoms. The van der Waals surface area contributed by atoms with Crippen LogP contribution >= 0.6 is 0 Å². The Morgan fingerprint density at radius 2 is 2.26 bits per heavy atom. The van der Waals surface area contributed by atoms with Gasteiger partial charge in [0.15, 0.2) is 5.82 Å². The highest BCUT2D eigenvalue weighted by Crippen LogP contribution is 2.28. The molecule has 7 nitrogen and oxygen atoms in total. The van der Waals surface area contributed by atoms with E-state index in [1.54, 1.807) is 17.9 Å². The second kappa shape index (κ2) is 8.67. The molecule has 2 amide bonds. The Kier molecular flexibility index (Phi) is 6.58. The number of nitrogens with zero attached hydrogens (tertiary/aromatic N) is 2. The summed E-state index contributed by atoms with van der Waals surface area (Å²) in [4.78, 5) is 26.2. The van der Waals surface area contributed by atoms with Crippen molar-refractivity contribution in [2.75, 3.05) is 31.6 Å². The first-order valence-electron chi connectivity index (χ1n) is 8.20. The van der Waals surface area contributed by atoms with Crippen molar-refractivity contribution < 1.29 is 18.8 Å². The first-order valence-corrected chi connectivity index (χ1v) is 8.20. The minimum absolute atomic E-state index is 0.0351. The highest BCUT2D eigenvalue weighted by atomic mass is 16.5. The number of aryl methyl sites for hydroxylation is 1. The van der Waals surface area contributed by atoms with Gasteiger partial charge in [0.1, 0.15) is 5.76 Å². The maximum Gasteiger partial charge on any atom is 0.245 e. The van der Waals surface area contributed by atoms with E-state index in [9.17, 15) is 9.59 Å². The Labute approximate surface area is 136 Å². The number of nitrogens with one attached hydrogen (secondary N) is 1. The maximum atomic E-state index is 12.5. The summed E-state index contributed by atoms with van der Waals surface area (Å²) >= 11 is 0. The summed E-state index contributed by atoms with van der Waals surface area (Å²) in [5, 5.41) is 6.38. The van der Waals surface area contributed by atoms with Crippen LogP contribution in [0.1, 0.15) is 38.4 Å². The lowest BCUT2D eigenvalue weighted by atomic mass is 9.84. The molecule has 1 aliphatic rings. The molecule has 0 unspecified atom stereocenters. The van der Waals surface area contributed by atoms with Gasteiger partial charge in [0.2, 0.25) is 11.8 Å². The first kappa shape index (κ1) is 17.5. The number of hydrogen-bond donors (Lipinski definition) is 1. The Hall–Kier alpha value is -1.89. The summed E-state index contributed by atoms with van der Waals surface area (Å²) in [6, 6.07) is 1.64. The predicted octanol–water partition coefficient (Wildman–Crippen LogP) is 1.98. The van der Waals surface area contributed by atoms with Crippen LogP contribution in [-0.2, 0) is 14.3 Å². The van der Waals surface area contributed by atoms with Crippen LogP contribution < -0.4 is 5.32 Å². The smallest absolute Gasteiger partial charge is 0.245 e. The van der Waals surface area contributed by atoms with Crippen molar-refractivity contribution >= 4 is 17.6 Å². The fourth-order valence-corrected chi connectivity index (χ4v) is 2.46. The van der Waals surface area contributed by atoms with Crippen LogP contribution in [0.5, 0.6) is 0 Å². The summed E-state index contributed by atoms with van der Waals surface area (Å²) in [5.41, 5.74) is 0. The molecule has 128 valence electrons. The van der Waals surface area contributed by atoms with Crippen molar-refractivity contribution in [1.82, 2.24) is 10.1 Å². The lowest BCUT2D eigenvalue weighted by Gasteiger charge is -2.31. The molecular weight excluding hydrogens is 298 g/mol. The zero-order valence-corrected chi connectivity index (χ0v) is 13.8. The third-order valence-corrected chi connectivity index (χ3v) is 3.92. The van der Waals surface area contributed by atoms with Crippen LogP contribution in [0.2, 0.25) is 0 Å². The number of ether oxygens (including phenoxy) is 1. The highest BCUT2D eigenvalue weighted by Gasteiger charge is 2.30. The largest absolute Gasteiger partial charge is 0.382 e. The first-order chi connectivity index (χ1) is 11.1. The molecule has 1 saturated carbocycles. The van der Waals surface area contributed by atoms with Crippen LogP contribution in [0, 0.1) is 12.8 Å². The minimum Gasteiger partial charge on any atom is -0.382 e. The van der Waals surface area contributed by atoms with Crippen LogP contribution in [0.15, 0.2) is 10.6 Å². The zero-order valence-electron chi connectivity index (χ0n) is 13.8. The van der Waals surface area contributed by atoms with Gasteiger partial charge in [0.25, 0.3) is 0 Å². The number of amides is 2. The predicted molar refractivity (Wildman–Crippen MR) is 84.9 cm³/mol. The Morgan fingerprint density at radius 3 is 2.83 bits per heavy atom. The normalized spacial score (nSPS) is 14.3. The van der Waals surface area contributed by atoms with Crippen molar-refractivity contribution in [3.8, 4) is 0 Å². The van der Waals surface area contributed by atoms with Crippen molar-refractivity contribution in [1.29, 1.82) is 0 Å². The summed E-state index contributed by atoms with van der Waals surface area (Å²) in [6.45, 7) is 5.50. The van der Waals surface area contributed by atoms with E-state index in [1.807, 2.05) is 6.92 Å². The van der Waals surface area contributed by atoms with E-state index in [0.717, 1.165) is 25.7 Å². The van der Waals surface area contributed by atoms with Crippen LogP contribution in [0.4, 0.5) is 5.82 Å². The molecule has 0 atom stereocenters. The zero-order chi connectivity index (χ0) is 16.7. The second-order valence-corrected chi connectivity index (χ2v) is 5.81. The van der Waals surface area contributed by atoms with Crippen LogP contribution in [0.25, 0.3) is 0 Å². The van der Waals surface area contributed by atoms with Gasteiger partial charge in [-0.3, -0.25) is 9.59 Å². The van der Waals surface area contributed by atoms with Crippen LogP contribution in [0.3, 0.4) is 0 Å². The maximum absolute atomic E-state index is 12.5. The molecule has 2 rings (SSSR count). The molecule has 1 fully saturated rings. The molecule has 1 N–H and O–H groups in total. The highest BCUT2D eigenvalue weighted by molar-refractivity contribution is 5.94. The Morgan fingerprint density at radius 1 is 1.48 bits per heavy atom. The molecule has 0 saturated heterocycles. The van der Waals surface area contributed by atoms with Crippen molar-refractivity contribution in [2.45, 2.75) is 39.5 Å². The SMILES string of the molecule is CCOCCCN(CC(=O)Nc1cc(C)on1)C(=O)C1CCC1. The quantitative estimate of drug-likeness (QED) is 0.702. The summed E-state index contributed by atoms with van der Waals surface area (Å²) in [6.07, 6.45) is 3.66. The number of carbonyl (C=O) groups excluding carboxylic acids is 2. The lowest BCUT2D eigenvalue weighted by molar-refractivity contribution is -0.140. The minimum atomic E-state index is -0.262. The van der Waals surface area contributed by atoms with Gasteiger partial charge in [-0.05, 0) is 33.1 Å². The number of anilines is 1. The van der Waals surface area contributed by atoms with Crippen molar-refractivity contribution in [2.24, 2.45) is 5.92 Å². The fraction of sp³-hybridized carbons (Fsp3) is 0.688. The number of aromatic nitrogens is 1. The Balaban J connectivity index is 1.86. The molecule has 0 aliphatic heterocycles. The van der Waals surface area contributed by atoms with Gasteiger partial charge in [-0.25, -0.2) is 0 Å². The van der Waals surface area contributed by atoms with E-state index < -0.39 is 0 Å².